The summed E-state index contributed by atoms with van der Waals surface area (Å²) in [5.41, 5.74) is 0. The van der Waals surface area contributed by atoms with Gasteiger partial charge in [0.05, 0.1) is 0 Å². The van der Waals surface area contributed by atoms with Gasteiger partial charge in [-0.3, -0.25) is 7.94 Å². The fourth-order valence-corrected chi connectivity index (χ4v) is 1.43. The van der Waals surface area contributed by atoms with E-state index in [1.807, 2.05) is 0 Å². The average molecular weight is 173 g/mol. The number of rotatable bonds is 4. The molecule has 0 N–H and O–H groups in total. The summed E-state index contributed by atoms with van der Waals surface area (Å²) in [5.74, 6) is 0. The van der Waals surface area contributed by atoms with Gasteiger partial charge in [0.15, 0.2) is 0 Å². The van der Waals surface area contributed by atoms with Gasteiger partial charge in [-0.05, 0) is 24.1 Å². The molecule has 0 aromatic heterocycles. The monoisotopic (exact) mass is 173 g/mol. The predicted molar refractivity (Wildman–Crippen MR) is 36.1 cm³/mol. The first-order valence-corrected chi connectivity index (χ1v) is 5.09. The van der Waals surface area contributed by atoms with E-state index in [0.717, 1.165) is 24.1 Å². The highest BCUT2D eigenvalue weighted by Gasteiger charge is 1.89. The lowest BCUT2D eigenvalue weighted by Crippen LogP contribution is -1.94. The molecule has 0 unspecified atom stereocenters. The maximum atomic E-state index is 10.3. The van der Waals surface area contributed by atoms with E-state index in [0.29, 0.717) is 0 Å². The lowest BCUT2D eigenvalue weighted by Gasteiger charge is -2.16. The van der Waals surface area contributed by atoms with Gasteiger partial charge in [-0.2, -0.15) is 0 Å². The molecule has 0 atom stereocenters. The Balaban J connectivity index is 2.92. The van der Waals surface area contributed by atoms with Crippen molar-refractivity contribution in [3.63, 3.8) is 0 Å². The van der Waals surface area contributed by atoms with E-state index < -0.39 is 8.60 Å². The Morgan fingerprint density at radius 1 is 1.25 bits per heavy atom. The largest absolute Gasteiger partial charge is 0.784 e. The molecule has 0 radical (unpaired) electrons. The molecule has 0 aliphatic heterocycles. The van der Waals surface area contributed by atoms with E-state index in [1.54, 1.807) is 12.5 Å². The van der Waals surface area contributed by atoms with Crippen molar-refractivity contribution in [3.05, 3.63) is 0 Å². The first-order valence-electron chi connectivity index (χ1n) is 1.70. The standard InChI is InChI=1S/C2H6O3PS2/c1-7-4-6(3)5-8-2/h1-2H3/q-1. The van der Waals surface area contributed by atoms with Crippen LogP contribution in [-0.2, 0) is 7.94 Å². The summed E-state index contributed by atoms with van der Waals surface area (Å²) in [7, 11) is -1.90. The van der Waals surface area contributed by atoms with Gasteiger partial charge in [-0.15, -0.1) is 0 Å². The van der Waals surface area contributed by atoms with Crippen molar-refractivity contribution < 1.29 is 12.8 Å². The predicted octanol–water partition coefficient (Wildman–Crippen LogP) is 1.16. The zero-order chi connectivity index (χ0) is 6.41. The van der Waals surface area contributed by atoms with Gasteiger partial charge in [-0.1, -0.05) is 0 Å². The first-order chi connectivity index (χ1) is 3.81. The minimum absolute atomic E-state index is 1.03. The van der Waals surface area contributed by atoms with Gasteiger partial charge in [0.2, 0.25) is 0 Å². The maximum Gasteiger partial charge on any atom is 0.117 e. The molecule has 0 aliphatic carbocycles. The summed E-state index contributed by atoms with van der Waals surface area (Å²) in [6.07, 6.45) is 3.36. The van der Waals surface area contributed by atoms with Gasteiger partial charge in [0.25, 0.3) is 0 Å². The summed E-state index contributed by atoms with van der Waals surface area (Å²) >= 11 is 2.06. The zero-order valence-electron chi connectivity index (χ0n) is 4.49. The van der Waals surface area contributed by atoms with Crippen LogP contribution in [0.2, 0.25) is 0 Å². The summed E-state index contributed by atoms with van der Waals surface area (Å²) in [4.78, 5) is 10.3. The molecule has 6 heteroatoms. The molecular formula is C2H6O3PS2-. The van der Waals surface area contributed by atoms with Crippen LogP contribution in [0.5, 0.6) is 0 Å². The number of hydrogen-bond acceptors (Lipinski definition) is 5. The molecule has 0 saturated heterocycles. The van der Waals surface area contributed by atoms with Crippen molar-refractivity contribution in [2.75, 3.05) is 12.5 Å². The SMILES string of the molecule is CSOP([O-])OSC. The van der Waals surface area contributed by atoms with Gasteiger partial charge in [-0.25, -0.2) is 0 Å². The lowest BCUT2D eigenvalue weighted by molar-refractivity contribution is -0.186. The minimum atomic E-state index is -1.90. The molecule has 0 heterocycles. The lowest BCUT2D eigenvalue weighted by atomic mass is 12.0. The maximum absolute atomic E-state index is 10.3. The smallest absolute Gasteiger partial charge is 0.117 e. The zero-order valence-corrected chi connectivity index (χ0v) is 7.02. The molecule has 8 heavy (non-hydrogen) atoms. The van der Waals surface area contributed by atoms with E-state index >= 15 is 0 Å². The number of hydrogen-bond donors (Lipinski definition) is 0. The molecule has 3 nitrogen and oxygen atoms in total. The Kier molecular flexibility index (Phi) is 6.91. The Labute approximate surface area is 58.5 Å². The fraction of sp³-hybridized carbons (Fsp3) is 1.00. The van der Waals surface area contributed by atoms with E-state index in [-0.39, 0.29) is 0 Å². The Morgan fingerprint density at radius 3 is 1.88 bits per heavy atom. The second-order valence-corrected chi connectivity index (χ2v) is 3.01. The third-order valence-electron chi connectivity index (χ3n) is 0.271. The minimum Gasteiger partial charge on any atom is -0.784 e. The summed E-state index contributed by atoms with van der Waals surface area (Å²) in [5, 5.41) is 0. The molecule has 0 saturated carbocycles. The molecule has 0 spiro atoms. The third kappa shape index (κ3) is 5.15. The van der Waals surface area contributed by atoms with Crippen LogP contribution in [0.15, 0.2) is 0 Å². The molecule has 0 rings (SSSR count). The first kappa shape index (κ1) is 9.01. The Bertz CT molecular complexity index is 48.5. The van der Waals surface area contributed by atoms with Gasteiger partial charge in [0, 0.05) is 12.5 Å². The highest BCUT2D eigenvalue weighted by molar-refractivity contribution is 7.99. The topological polar surface area (TPSA) is 41.5 Å². The molecule has 0 amide bonds. The van der Waals surface area contributed by atoms with Crippen molar-refractivity contribution >= 4 is 32.7 Å². The van der Waals surface area contributed by atoms with Crippen molar-refractivity contribution in [1.82, 2.24) is 0 Å². The van der Waals surface area contributed by atoms with Crippen LogP contribution < -0.4 is 4.89 Å². The summed E-state index contributed by atoms with van der Waals surface area (Å²) < 4.78 is 8.93. The Morgan fingerprint density at radius 2 is 1.62 bits per heavy atom. The van der Waals surface area contributed by atoms with Crippen LogP contribution >= 0.6 is 32.7 Å². The molecule has 50 valence electrons. The second-order valence-electron chi connectivity index (χ2n) is 0.706. The van der Waals surface area contributed by atoms with Crippen molar-refractivity contribution in [2.45, 2.75) is 0 Å². The molecule has 0 aliphatic rings. The highest BCUT2D eigenvalue weighted by Crippen LogP contribution is 2.35. The average Bonchev–Trinajstić information content (AvgIpc) is 1.68. The quantitative estimate of drug-likeness (QED) is 0.471. The summed E-state index contributed by atoms with van der Waals surface area (Å²) in [6.45, 7) is 0. The molecule has 0 aromatic carbocycles. The van der Waals surface area contributed by atoms with E-state index in [9.17, 15) is 4.89 Å². The molecule has 0 aromatic rings. The van der Waals surface area contributed by atoms with Crippen molar-refractivity contribution in [3.8, 4) is 0 Å². The second kappa shape index (κ2) is 6.13. The Hall–Kier alpha value is 1.01. The van der Waals surface area contributed by atoms with E-state index in [4.69, 9.17) is 0 Å². The van der Waals surface area contributed by atoms with Crippen LogP contribution in [0.25, 0.3) is 0 Å². The molecular weight excluding hydrogens is 167 g/mol. The van der Waals surface area contributed by atoms with Crippen LogP contribution in [0, 0.1) is 0 Å². The molecule has 0 bridgehead atoms. The van der Waals surface area contributed by atoms with Crippen LogP contribution in [-0.4, -0.2) is 12.5 Å². The molecule has 0 fully saturated rings. The van der Waals surface area contributed by atoms with Crippen LogP contribution in [0.3, 0.4) is 0 Å². The van der Waals surface area contributed by atoms with Gasteiger partial charge >= 0.3 is 0 Å². The summed E-state index contributed by atoms with van der Waals surface area (Å²) in [6, 6.07) is 0. The van der Waals surface area contributed by atoms with Crippen molar-refractivity contribution in [2.24, 2.45) is 0 Å². The highest BCUT2D eigenvalue weighted by atomic mass is 32.2. The normalized spacial score (nSPS) is 10.5. The van der Waals surface area contributed by atoms with E-state index in [1.165, 1.54) is 0 Å². The van der Waals surface area contributed by atoms with Crippen LogP contribution in [0.4, 0.5) is 0 Å². The van der Waals surface area contributed by atoms with E-state index in [2.05, 4.69) is 7.94 Å². The van der Waals surface area contributed by atoms with Crippen molar-refractivity contribution in [1.29, 1.82) is 0 Å². The van der Waals surface area contributed by atoms with Gasteiger partial charge < -0.3 is 4.89 Å². The van der Waals surface area contributed by atoms with Gasteiger partial charge in [0.1, 0.15) is 8.60 Å². The van der Waals surface area contributed by atoms with Crippen LogP contribution in [0.1, 0.15) is 0 Å². The fourth-order valence-electron chi connectivity index (χ4n) is 0.134. The third-order valence-corrected chi connectivity index (χ3v) is 2.44.